The lowest BCUT2D eigenvalue weighted by Gasteiger charge is -2.16. The molecule has 1 aromatic heterocycles. The van der Waals surface area contributed by atoms with Gasteiger partial charge in [0.05, 0.1) is 25.5 Å². The van der Waals surface area contributed by atoms with Gasteiger partial charge in [0.15, 0.2) is 0 Å². The summed E-state index contributed by atoms with van der Waals surface area (Å²) < 4.78 is 50.2. The van der Waals surface area contributed by atoms with Crippen molar-refractivity contribution in [1.29, 1.82) is 0 Å². The number of carbonyl (C=O) groups excluding carboxylic acids is 3. The number of ketones is 1. The molecule has 1 saturated carbocycles. The van der Waals surface area contributed by atoms with Crippen LogP contribution in [0.5, 0.6) is 17.2 Å². The maximum atomic E-state index is 13.3. The first-order valence-corrected chi connectivity index (χ1v) is 10.4. The zero-order valence-electron chi connectivity index (χ0n) is 18.9. The second-order valence-electron chi connectivity index (χ2n) is 7.92. The van der Waals surface area contributed by atoms with Gasteiger partial charge in [0.1, 0.15) is 28.4 Å². The summed E-state index contributed by atoms with van der Waals surface area (Å²) in [7, 11) is 1.26. The van der Waals surface area contributed by atoms with Gasteiger partial charge in [0.25, 0.3) is 5.91 Å². The Morgan fingerprint density at radius 2 is 1.86 bits per heavy atom. The van der Waals surface area contributed by atoms with Gasteiger partial charge in [-0.25, -0.2) is 0 Å². The van der Waals surface area contributed by atoms with E-state index in [9.17, 15) is 27.6 Å². The number of nitrogens with zero attached hydrogens (tertiary/aromatic N) is 1. The molecule has 2 amide bonds. The highest BCUT2D eigenvalue weighted by molar-refractivity contribution is 6.41. The van der Waals surface area contributed by atoms with Crippen molar-refractivity contribution in [3.8, 4) is 17.2 Å². The molecule has 0 unspecified atom stereocenters. The van der Waals surface area contributed by atoms with Gasteiger partial charge in [-0.05, 0) is 50.1 Å². The van der Waals surface area contributed by atoms with Gasteiger partial charge in [-0.3, -0.25) is 19.4 Å². The van der Waals surface area contributed by atoms with E-state index >= 15 is 0 Å². The largest absolute Gasteiger partial charge is 0.497 e. The molecular formula is C23H23F3N4O5. The summed E-state index contributed by atoms with van der Waals surface area (Å²) in [5, 5.41) is 5.06. The second kappa shape index (κ2) is 10.0. The molecule has 9 nitrogen and oxygen atoms in total. The number of methoxy groups -OCH3 is 1. The molecule has 0 saturated heterocycles. The Labute approximate surface area is 198 Å². The zero-order valence-corrected chi connectivity index (χ0v) is 18.9. The van der Waals surface area contributed by atoms with E-state index in [4.69, 9.17) is 15.2 Å². The van der Waals surface area contributed by atoms with Gasteiger partial charge in [-0.2, -0.15) is 13.2 Å². The summed E-state index contributed by atoms with van der Waals surface area (Å²) >= 11 is 0. The van der Waals surface area contributed by atoms with Crippen molar-refractivity contribution >= 4 is 17.6 Å². The zero-order chi connectivity index (χ0) is 25.8. The number of carbonyl (C=O) groups is 3. The fourth-order valence-electron chi connectivity index (χ4n) is 3.07. The predicted molar refractivity (Wildman–Crippen MR) is 117 cm³/mol. The molecule has 1 heterocycles. The molecule has 35 heavy (non-hydrogen) atoms. The van der Waals surface area contributed by atoms with Crippen LogP contribution in [0.15, 0.2) is 48.3 Å². The molecule has 0 bridgehead atoms. The van der Waals surface area contributed by atoms with Gasteiger partial charge >= 0.3 is 6.18 Å². The van der Waals surface area contributed by atoms with Crippen LogP contribution in [0.3, 0.4) is 0 Å². The normalized spacial score (nSPS) is 14.6. The van der Waals surface area contributed by atoms with Gasteiger partial charge < -0.3 is 25.8 Å². The summed E-state index contributed by atoms with van der Waals surface area (Å²) in [5.74, 6) is -2.59. The summed E-state index contributed by atoms with van der Waals surface area (Å²) in [5.41, 5.74) is 3.78. The fourth-order valence-corrected chi connectivity index (χ4v) is 3.07. The van der Waals surface area contributed by atoms with E-state index in [0.29, 0.717) is 18.5 Å². The van der Waals surface area contributed by atoms with Crippen molar-refractivity contribution in [2.24, 2.45) is 5.73 Å². The van der Waals surface area contributed by atoms with Crippen molar-refractivity contribution in [1.82, 2.24) is 15.6 Å². The number of amides is 2. The molecular weight excluding hydrogens is 469 g/mol. The molecule has 1 fully saturated rings. The number of alkyl halides is 3. The fraction of sp³-hybridized carbons (Fsp3) is 0.304. The number of nitrogens with one attached hydrogen (secondary N) is 2. The van der Waals surface area contributed by atoms with Crippen LogP contribution in [0.1, 0.15) is 31.0 Å². The van der Waals surface area contributed by atoms with E-state index in [2.05, 4.69) is 15.6 Å². The molecule has 2 aromatic rings. The maximum absolute atomic E-state index is 13.3. The molecule has 1 aromatic carbocycles. The Morgan fingerprint density at radius 3 is 2.40 bits per heavy atom. The van der Waals surface area contributed by atoms with Crippen LogP contribution in [0, 0.1) is 0 Å². The molecule has 186 valence electrons. The Balaban J connectivity index is 1.60. The van der Waals surface area contributed by atoms with Crippen molar-refractivity contribution in [3.63, 3.8) is 0 Å². The Kier molecular flexibility index (Phi) is 7.32. The number of rotatable bonds is 9. The predicted octanol–water partition coefficient (Wildman–Crippen LogP) is 2.60. The van der Waals surface area contributed by atoms with Crippen molar-refractivity contribution < 1.29 is 37.0 Å². The lowest BCUT2D eigenvalue weighted by molar-refractivity contribution is -0.138. The Morgan fingerprint density at radius 1 is 1.17 bits per heavy atom. The van der Waals surface area contributed by atoms with Crippen LogP contribution >= 0.6 is 0 Å². The number of pyridine rings is 1. The molecule has 4 N–H and O–H groups in total. The third-order valence-corrected chi connectivity index (χ3v) is 5.07. The van der Waals surface area contributed by atoms with Gasteiger partial charge in [0.2, 0.25) is 11.7 Å². The van der Waals surface area contributed by atoms with Crippen LogP contribution in [0.25, 0.3) is 0 Å². The molecule has 12 heteroatoms. The van der Waals surface area contributed by atoms with Crippen molar-refractivity contribution in [2.45, 2.75) is 38.0 Å². The third kappa shape index (κ3) is 6.49. The van der Waals surface area contributed by atoms with Gasteiger partial charge in [0, 0.05) is 11.8 Å². The van der Waals surface area contributed by atoms with Gasteiger partial charge in [-0.1, -0.05) is 0 Å². The Bertz CT molecular complexity index is 1150. The number of nitrogens with two attached hydrogens (primary N) is 1. The topological polar surface area (TPSA) is 133 Å². The minimum absolute atomic E-state index is 0.0111. The number of aromatic nitrogens is 1. The SMILES string of the molecule is COc1ccc(Oc2ccc(CNC(=O)C3(NC(=O)C(=O)C=C(C)N)CC3)nc2)c(C(F)(F)F)c1. The van der Waals surface area contributed by atoms with E-state index in [0.717, 1.165) is 18.2 Å². The first-order chi connectivity index (χ1) is 16.4. The number of ether oxygens (including phenoxy) is 2. The molecule has 0 aliphatic heterocycles. The minimum Gasteiger partial charge on any atom is -0.497 e. The molecule has 3 rings (SSSR count). The highest BCUT2D eigenvalue weighted by Gasteiger charge is 2.51. The van der Waals surface area contributed by atoms with Crippen LogP contribution in [0.2, 0.25) is 0 Å². The van der Waals surface area contributed by atoms with E-state index in [1.165, 1.54) is 38.4 Å². The minimum atomic E-state index is -4.65. The van der Waals surface area contributed by atoms with Crippen LogP contribution in [0.4, 0.5) is 13.2 Å². The lowest BCUT2D eigenvalue weighted by atomic mass is 10.2. The van der Waals surface area contributed by atoms with Gasteiger partial charge in [-0.15, -0.1) is 0 Å². The van der Waals surface area contributed by atoms with E-state index in [-0.39, 0.29) is 23.7 Å². The third-order valence-electron chi connectivity index (χ3n) is 5.07. The molecule has 0 atom stereocenters. The average Bonchev–Trinajstić information content (AvgIpc) is 3.58. The molecule has 1 aliphatic carbocycles. The van der Waals surface area contributed by atoms with E-state index in [1.807, 2.05) is 0 Å². The average molecular weight is 492 g/mol. The lowest BCUT2D eigenvalue weighted by Crippen LogP contribution is -2.50. The molecule has 1 aliphatic rings. The first-order valence-electron chi connectivity index (χ1n) is 10.4. The second-order valence-corrected chi connectivity index (χ2v) is 7.92. The quantitative estimate of drug-likeness (QED) is 0.362. The molecule has 0 spiro atoms. The van der Waals surface area contributed by atoms with Crippen molar-refractivity contribution in [3.05, 3.63) is 59.6 Å². The smallest absolute Gasteiger partial charge is 0.420 e. The first kappa shape index (κ1) is 25.5. The summed E-state index contributed by atoms with van der Waals surface area (Å²) in [6, 6.07) is 6.21. The van der Waals surface area contributed by atoms with E-state index < -0.39 is 40.6 Å². The summed E-state index contributed by atoms with van der Waals surface area (Å²) in [6.45, 7) is 1.45. The summed E-state index contributed by atoms with van der Waals surface area (Å²) in [4.78, 5) is 40.3. The Hall–Kier alpha value is -4.09. The highest BCUT2D eigenvalue weighted by Crippen LogP contribution is 2.40. The number of hydrogen-bond donors (Lipinski definition) is 3. The monoisotopic (exact) mass is 492 g/mol. The highest BCUT2D eigenvalue weighted by atomic mass is 19.4. The molecule has 0 radical (unpaired) electrons. The van der Waals surface area contributed by atoms with Crippen LogP contribution in [-0.2, 0) is 27.1 Å². The number of hydrogen-bond acceptors (Lipinski definition) is 7. The van der Waals surface area contributed by atoms with Crippen LogP contribution < -0.4 is 25.8 Å². The number of halogens is 3. The number of benzene rings is 1. The maximum Gasteiger partial charge on any atom is 0.420 e. The van der Waals surface area contributed by atoms with E-state index in [1.54, 1.807) is 0 Å². The van der Waals surface area contributed by atoms with Crippen LogP contribution in [-0.4, -0.2) is 35.2 Å². The standard InChI is InChI=1S/C23H23F3N4O5/c1-13(27)9-18(31)20(32)30-22(7-8-22)21(33)29-11-14-3-4-16(12-28-14)35-19-6-5-15(34-2)10-17(19)23(24,25)26/h3-6,9-10,12H,7-8,11,27H2,1-2H3,(H,29,33)(H,30,32). The summed E-state index contributed by atoms with van der Waals surface area (Å²) in [6.07, 6.45) is -1.72. The number of allylic oxidation sites excluding steroid dienone is 1. The van der Waals surface area contributed by atoms with Crippen molar-refractivity contribution in [2.75, 3.05) is 7.11 Å².